The monoisotopic (exact) mass is 457 g/mol. The van der Waals surface area contributed by atoms with Gasteiger partial charge >= 0.3 is 6.09 Å². The lowest BCUT2D eigenvalue weighted by molar-refractivity contribution is 0.105. The standard InChI is InChI=1S/C20H20BrN5O3/c1-2-29-20(28)25-11-9-24(10-12-25)19-18-16(13-27)17(23-26(18)8-7-22-19)14-3-5-15(21)6-4-14/h3-8,13H,2,9-12H2,1H3. The van der Waals surface area contributed by atoms with Crippen LogP contribution in [0.15, 0.2) is 41.1 Å². The van der Waals surface area contributed by atoms with Crippen molar-refractivity contribution in [3.05, 3.63) is 46.7 Å². The van der Waals surface area contributed by atoms with Crippen LogP contribution in [0.1, 0.15) is 17.3 Å². The summed E-state index contributed by atoms with van der Waals surface area (Å²) in [5.41, 5.74) is 2.65. The molecule has 2 aromatic heterocycles. The van der Waals surface area contributed by atoms with Crippen LogP contribution in [0, 0.1) is 0 Å². The molecular weight excluding hydrogens is 438 g/mol. The molecule has 0 bridgehead atoms. The summed E-state index contributed by atoms with van der Waals surface area (Å²) in [6.07, 6.45) is 3.95. The van der Waals surface area contributed by atoms with Crippen LogP contribution < -0.4 is 4.90 Å². The first-order valence-electron chi connectivity index (χ1n) is 9.37. The Morgan fingerprint density at radius 1 is 1.21 bits per heavy atom. The molecule has 9 heteroatoms. The van der Waals surface area contributed by atoms with E-state index in [4.69, 9.17) is 4.74 Å². The number of amides is 1. The number of aromatic nitrogens is 3. The van der Waals surface area contributed by atoms with Crippen LogP contribution in [0.3, 0.4) is 0 Å². The van der Waals surface area contributed by atoms with E-state index in [0.717, 1.165) is 16.3 Å². The molecule has 0 aliphatic carbocycles. The van der Waals surface area contributed by atoms with E-state index in [0.29, 0.717) is 55.4 Å². The molecule has 0 saturated carbocycles. The zero-order valence-electron chi connectivity index (χ0n) is 15.9. The summed E-state index contributed by atoms with van der Waals surface area (Å²) < 4.78 is 7.73. The third-order valence-corrected chi connectivity index (χ3v) is 5.43. The Morgan fingerprint density at radius 2 is 1.93 bits per heavy atom. The van der Waals surface area contributed by atoms with Crippen molar-refractivity contribution in [3.63, 3.8) is 0 Å². The fraction of sp³-hybridized carbons (Fsp3) is 0.300. The van der Waals surface area contributed by atoms with Gasteiger partial charge in [0.1, 0.15) is 11.2 Å². The van der Waals surface area contributed by atoms with Crippen LogP contribution in [0.5, 0.6) is 0 Å². The molecule has 1 aromatic carbocycles. The highest BCUT2D eigenvalue weighted by molar-refractivity contribution is 9.10. The maximum atomic E-state index is 12.0. The van der Waals surface area contributed by atoms with Gasteiger partial charge in [0.05, 0.1) is 12.2 Å². The maximum absolute atomic E-state index is 12.0. The molecule has 1 aliphatic heterocycles. The average molecular weight is 458 g/mol. The molecule has 0 spiro atoms. The average Bonchev–Trinajstić information content (AvgIpc) is 3.13. The summed E-state index contributed by atoms with van der Waals surface area (Å²) in [7, 11) is 0. The van der Waals surface area contributed by atoms with Crippen LogP contribution in [0.2, 0.25) is 0 Å². The first-order valence-corrected chi connectivity index (χ1v) is 10.2. The van der Waals surface area contributed by atoms with Gasteiger partial charge in [-0.1, -0.05) is 28.1 Å². The van der Waals surface area contributed by atoms with E-state index in [9.17, 15) is 9.59 Å². The van der Waals surface area contributed by atoms with Gasteiger partial charge in [-0.05, 0) is 19.1 Å². The summed E-state index contributed by atoms with van der Waals surface area (Å²) in [5, 5.41) is 4.63. The number of hydrogen-bond donors (Lipinski definition) is 0. The molecule has 0 N–H and O–H groups in total. The number of anilines is 1. The number of aldehydes is 1. The molecule has 3 aromatic rings. The lowest BCUT2D eigenvalue weighted by Gasteiger charge is -2.34. The van der Waals surface area contributed by atoms with Crippen molar-refractivity contribution in [2.24, 2.45) is 0 Å². The summed E-state index contributed by atoms with van der Waals surface area (Å²) >= 11 is 3.43. The van der Waals surface area contributed by atoms with E-state index in [1.54, 1.807) is 28.7 Å². The van der Waals surface area contributed by atoms with Crippen LogP contribution in [-0.4, -0.2) is 64.7 Å². The smallest absolute Gasteiger partial charge is 0.409 e. The number of ether oxygens (including phenoxy) is 1. The van der Waals surface area contributed by atoms with Gasteiger partial charge in [-0.25, -0.2) is 14.3 Å². The van der Waals surface area contributed by atoms with E-state index in [1.807, 2.05) is 24.3 Å². The van der Waals surface area contributed by atoms with Gasteiger partial charge in [0.2, 0.25) is 0 Å². The van der Waals surface area contributed by atoms with Gasteiger partial charge in [-0.2, -0.15) is 5.10 Å². The molecule has 0 unspecified atom stereocenters. The number of carbonyl (C=O) groups is 2. The van der Waals surface area contributed by atoms with Gasteiger partial charge in [-0.3, -0.25) is 4.79 Å². The summed E-state index contributed by atoms with van der Waals surface area (Å²) in [4.78, 5) is 32.2. The SMILES string of the molecule is CCOC(=O)N1CCN(c2nccn3nc(-c4ccc(Br)cc4)c(C=O)c23)CC1. The Hall–Kier alpha value is -2.94. The van der Waals surface area contributed by atoms with Crippen molar-refractivity contribution in [2.45, 2.75) is 6.92 Å². The number of carbonyl (C=O) groups excluding carboxylic acids is 2. The minimum Gasteiger partial charge on any atom is -0.450 e. The molecular formula is C20H20BrN5O3. The zero-order valence-corrected chi connectivity index (χ0v) is 17.5. The number of nitrogens with zero attached hydrogens (tertiary/aromatic N) is 5. The fourth-order valence-electron chi connectivity index (χ4n) is 3.49. The van der Waals surface area contributed by atoms with Crippen LogP contribution in [0.4, 0.5) is 10.6 Å². The van der Waals surface area contributed by atoms with Crippen molar-refractivity contribution < 1.29 is 14.3 Å². The highest BCUT2D eigenvalue weighted by Crippen LogP contribution is 2.30. The lowest BCUT2D eigenvalue weighted by atomic mass is 10.1. The highest BCUT2D eigenvalue weighted by Gasteiger charge is 2.26. The maximum Gasteiger partial charge on any atom is 0.409 e. The molecule has 1 fully saturated rings. The predicted molar refractivity (Wildman–Crippen MR) is 112 cm³/mol. The molecule has 8 nitrogen and oxygen atoms in total. The Labute approximate surface area is 176 Å². The number of rotatable bonds is 4. The minimum absolute atomic E-state index is 0.297. The van der Waals surface area contributed by atoms with Gasteiger partial charge in [0, 0.05) is 48.6 Å². The minimum atomic E-state index is -0.297. The molecule has 3 heterocycles. The Kier molecular flexibility index (Phi) is 5.48. The third-order valence-electron chi connectivity index (χ3n) is 4.90. The lowest BCUT2D eigenvalue weighted by Crippen LogP contribution is -2.49. The third kappa shape index (κ3) is 3.69. The van der Waals surface area contributed by atoms with E-state index in [1.165, 1.54) is 0 Å². The van der Waals surface area contributed by atoms with E-state index >= 15 is 0 Å². The second kappa shape index (κ2) is 8.20. The zero-order chi connectivity index (χ0) is 20.4. The normalized spacial score (nSPS) is 14.3. The fourth-order valence-corrected chi connectivity index (χ4v) is 3.75. The number of benzene rings is 1. The molecule has 29 heavy (non-hydrogen) atoms. The van der Waals surface area contributed by atoms with Crippen LogP contribution in [-0.2, 0) is 4.74 Å². The summed E-state index contributed by atoms with van der Waals surface area (Å²) in [5.74, 6) is 0.689. The van der Waals surface area contributed by atoms with E-state index in [2.05, 4.69) is 30.9 Å². The van der Waals surface area contributed by atoms with Crippen molar-refractivity contribution in [1.29, 1.82) is 0 Å². The highest BCUT2D eigenvalue weighted by atomic mass is 79.9. The van der Waals surface area contributed by atoms with Crippen LogP contribution in [0.25, 0.3) is 16.8 Å². The van der Waals surface area contributed by atoms with Crippen molar-refractivity contribution in [3.8, 4) is 11.3 Å². The summed E-state index contributed by atoms with van der Waals surface area (Å²) in [6.45, 7) is 4.42. The van der Waals surface area contributed by atoms with E-state index < -0.39 is 0 Å². The first-order chi connectivity index (χ1) is 14.1. The second-order valence-corrected chi connectivity index (χ2v) is 7.52. The Morgan fingerprint density at radius 3 is 2.59 bits per heavy atom. The molecule has 0 atom stereocenters. The molecule has 150 valence electrons. The van der Waals surface area contributed by atoms with Crippen molar-refractivity contribution >= 4 is 39.6 Å². The summed E-state index contributed by atoms with van der Waals surface area (Å²) in [6, 6.07) is 7.68. The van der Waals surface area contributed by atoms with Gasteiger partial charge < -0.3 is 14.5 Å². The van der Waals surface area contributed by atoms with Gasteiger partial charge in [0.25, 0.3) is 0 Å². The van der Waals surface area contributed by atoms with Gasteiger partial charge in [-0.15, -0.1) is 0 Å². The molecule has 1 saturated heterocycles. The molecule has 1 amide bonds. The number of fused-ring (bicyclic) bond motifs is 1. The topological polar surface area (TPSA) is 80.0 Å². The van der Waals surface area contributed by atoms with Crippen LogP contribution >= 0.6 is 15.9 Å². The second-order valence-electron chi connectivity index (χ2n) is 6.60. The Balaban J connectivity index is 1.69. The van der Waals surface area contributed by atoms with E-state index in [-0.39, 0.29) is 6.09 Å². The number of piperazine rings is 1. The number of halogens is 1. The largest absolute Gasteiger partial charge is 0.450 e. The predicted octanol–water partition coefficient (Wildman–Crippen LogP) is 3.25. The van der Waals surface area contributed by atoms with Crippen molar-refractivity contribution in [2.75, 3.05) is 37.7 Å². The molecule has 4 rings (SSSR count). The first kappa shape index (κ1) is 19.4. The van der Waals surface area contributed by atoms with Crippen molar-refractivity contribution in [1.82, 2.24) is 19.5 Å². The quantitative estimate of drug-likeness (QED) is 0.559. The van der Waals surface area contributed by atoms with Gasteiger partial charge in [0.15, 0.2) is 12.1 Å². The Bertz CT molecular complexity index is 1040. The molecule has 0 radical (unpaired) electrons. The molecule has 1 aliphatic rings. The number of hydrogen-bond acceptors (Lipinski definition) is 6.